The third-order valence-electron chi connectivity index (χ3n) is 6.35. The summed E-state index contributed by atoms with van der Waals surface area (Å²) in [5.41, 5.74) is 4.98. The number of sulfone groups is 1. The third kappa shape index (κ3) is 3.03. The lowest BCUT2D eigenvalue weighted by Crippen LogP contribution is -2.54. The van der Waals surface area contributed by atoms with Crippen molar-refractivity contribution in [2.75, 3.05) is 15.6 Å². The van der Waals surface area contributed by atoms with Gasteiger partial charge in [0.25, 0.3) is 10.8 Å². The van der Waals surface area contributed by atoms with Crippen molar-refractivity contribution in [3.05, 3.63) is 94.5 Å². The van der Waals surface area contributed by atoms with Crippen LogP contribution in [0.3, 0.4) is 0 Å². The summed E-state index contributed by atoms with van der Waals surface area (Å²) in [6.45, 7) is 5.95. The molecule has 6 nitrogen and oxygen atoms in total. The van der Waals surface area contributed by atoms with Gasteiger partial charge in [0.2, 0.25) is 5.91 Å². The number of fused-ring (bicyclic) bond motifs is 2. The van der Waals surface area contributed by atoms with Gasteiger partial charge in [-0.05, 0) is 55.7 Å². The first-order valence-corrected chi connectivity index (χ1v) is 12.4. The normalized spacial score (nSPS) is 21.2. The Balaban J connectivity index is 1.74. The fourth-order valence-electron chi connectivity index (χ4n) is 5.00. The summed E-state index contributed by atoms with van der Waals surface area (Å²) in [5.74, 6) is -1.92. The van der Waals surface area contributed by atoms with Gasteiger partial charge < -0.3 is 4.90 Å². The fourth-order valence-corrected chi connectivity index (χ4v) is 7.04. The van der Waals surface area contributed by atoms with Crippen LogP contribution >= 0.6 is 0 Å². The second-order valence-electron chi connectivity index (χ2n) is 8.87. The lowest BCUT2D eigenvalue weighted by atomic mass is 10.0. The summed E-state index contributed by atoms with van der Waals surface area (Å²) >= 11 is 0. The van der Waals surface area contributed by atoms with Crippen molar-refractivity contribution in [3.8, 4) is 0 Å². The third-order valence-corrected chi connectivity index (χ3v) is 8.45. The SMILES string of the molecule is Cc1ccc(CN2C(=O)[C@@]3(c4ccccc42)N(c2cc(C)cc(C)c2)C(=O)CS3(=O)=O)cc1. The fraction of sp³-hybridized carbons (Fsp3) is 0.231. The predicted octanol–water partition coefficient (Wildman–Crippen LogP) is 3.77. The number of carbonyl (C=O) groups excluding carboxylic acids is 2. The quantitative estimate of drug-likeness (QED) is 0.596. The van der Waals surface area contributed by atoms with Crippen molar-refractivity contribution in [2.24, 2.45) is 0 Å². The Morgan fingerprint density at radius 1 is 0.848 bits per heavy atom. The van der Waals surface area contributed by atoms with E-state index < -0.39 is 32.3 Å². The molecule has 168 valence electrons. The van der Waals surface area contributed by atoms with E-state index in [1.807, 2.05) is 51.1 Å². The Morgan fingerprint density at radius 2 is 1.48 bits per heavy atom. The van der Waals surface area contributed by atoms with E-state index in [4.69, 9.17) is 0 Å². The Kier molecular flexibility index (Phi) is 4.72. The Hall–Kier alpha value is -3.45. The van der Waals surface area contributed by atoms with Gasteiger partial charge in [0.1, 0.15) is 5.75 Å². The molecular formula is C26H24N2O4S. The van der Waals surface area contributed by atoms with E-state index in [-0.39, 0.29) is 6.54 Å². The summed E-state index contributed by atoms with van der Waals surface area (Å²) in [6, 6.07) is 20.1. The molecule has 2 amide bonds. The molecule has 0 saturated carbocycles. The number of aryl methyl sites for hydroxylation is 3. The van der Waals surface area contributed by atoms with Crippen LogP contribution in [0.4, 0.5) is 11.4 Å². The first kappa shape index (κ1) is 21.4. The van der Waals surface area contributed by atoms with Crippen LogP contribution in [0.1, 0.15) is 27.8 Å². The van der Waals surface area contributed by atoms with Gasteiger partial charge in [-0.1, -0.05) is 54.1 Å². The van der Waals surface area contributed by atoms with Gasteiger partial charge in [0.15, 0.2) is 9.84 Å². The van der Waals surface area contributed by atoms with Crippen LogP contribution < -0.4 is 9.80 Å². The van der Waals surface area contributed by atoms with Crippen LogP contribution in [-0.2, 0) is 30.8 Å². The molecule has 1 saturated heterocycles. The van der Waals surface area contributed by atoms with E-state index in [2.05, 4.69) is 0 Å². The first-order chi connectivity index (χ1) is 15.6. The number of benzene rings is 3. The van der Waals surface area contributed by atoms with E-state index in [1.54, 1.807) is 36.4 Å². The number of carbonyl (C=O) groups is 2. The van der Waals surface area contributed by atoms with E-state index in [0.717, 1.165) is 22.3 Å². The molecule has 0 aromatic heterocycles. The number of para-hydroxylation sites is 1. The second kappa shape index (κ2) is 7.28. The lowest BCUT2D eigenvalue weighted by molar-refractivity contribution is -0.123. The van der Waals surface area contributed by atoms with E-state index in [9.17, 15) is 18.0 Å². The first-order valence-electron chi connectivity index (χ1n) is 10.8. The minimum atomic E-state index is -4.17. The van der Waals surface area contributed by atoms with Crippen molar-refractivity contribution >= 4 is 33.0 Å². The van der Waals surface area contributed by atoms with Gasteiger partial charge in [-0.3, -0.25) is 14.5 Å². The highest BCUT2D eigenvalue weighted by Gasteiger charge is 2.69. The standard InChI is InChI=1S/C26H24N2O4S/c1-17-8-10-20(11-9-17)15-27-23-7-5-4-6-22(23)26(25(27)30)28(24(29)16-33(26,31)32)21-13-18(2)12-19(3)14-21/h4-14H,15-16H2,1-3H3/t26-/m0/s1. The zero-order valence-electron chi connectivity index (χ0n) is 18.7. The summed E-state index contributed by atoms with van der Waals surface area (Å²) < 4.78 is 27.3. The number of hydrogen-bond acceptors (Lipinski definition) is 4. The maximum absolute atomic E-state index is 14.1. The zero-order valence-corrected chi connectivity index (χ0v) is 19.5. The van der Waals surface area contributed by atoms with Gasteiger partial charge in [-0.15, -0.1) is 0 Å². The molecule has 1 atom stereocenters. The van der Waals surface area contributed by atoms with Crippen LogP contribution in [-0.4, -0.2) is 26.0 Å². The van der Waals surface area contributed by atoms with E-state index >= 15 is 0 Å². The molecular weight excluding hydrogens is 436 g/mol. The maximum Gasteiger partial charge on any atom is 0.274 e. The number of rotatable bonds is 3. The van der Waals surface area contributed by atoms with Gasteiger partial charge >= 0.3 is 0 Å². The van der Waals surface area contributed by atoms with Gasteiger partial charge in [-0.2, -0.15) is 0 Å². The largest absolute Gasteiger partial charge is 0.304 e. The molecule has 0 aliphatic carbocycles. The molecule has 1 spiro atoms. The van der Waals surface area contributed by atoms with Crippen LogP contribution in [0.5, 0.6) is 0 Å². The van der Waals surface area contributed by atoms with Crippen LogP contribution in [0.25, 0.3) is 0 Å². The minimum Gasteiger partial charge on any atom is -0.304 e. The number of anilines is 2. The average molecular weight is 461 g/mol. The lowest BCUT2D eigenvalue weighted by Gasteiger charge is -2.33. The van der Waals surface area contributed by atoms with E-state index in [0.29, 0.717) is 16.9 Å². The summed E-state index contributed by atoms with van der Waals surface area (Å²) in [4.78, 5) is 27.9. The molecule has 3 aromatic rings. The second-order valence-corrected chi connectivity index (χ2v) is 11.0. The minimum absolute atomic E-state index is 0.211. The Labute approximate surface area is 193 Å². The molecule has 0 bridgehead atoms. The van der Waals surface area contributed by atoms with E-state index in [1.165, 1.54) is 9.80 Å². The monoisotopic (exact) mass is 460 g/mol. The number of nitrogens with zero attached hydrogens (tertiary/aromatic N) is 2. The molecule has 7 heteroatoms. The Morgan fingerprint density at radius 3 is 2.15 bits per heavy atom. The molecule has 0 N–H and O–H groups in total. The molecule has 0 radical (unpaired) electrons. The zero-order chi connectivity index (χ0) is 23.5. The van der Waals surface area contributed by atoms with Gasteiger partial charge in [-0.25, -0.2) is 8.42 Å². The Bertz CT molecular complexity index is 1390. The van der Waals surface area contributed by atoms with Gasteiger partial charge in [0.05, 0.1) is 12.2 Å². The number of amides is 2. The highest BCUT2D eigenvalue weighted by Crippen LogP contribution is 2.52. The summed E-state index contributed by atoms with van der Waals surface area (Å²) in [5, 5.41) is 0. The van der Waals surface area contributed by atoms with Crippen LogP contribution in [0, 0.1) is 20.8 Å². The topological polar surface area (TPSA) is 74.8 Å². The molecule has 2 aliphatic heterocycles. The summed E-state index contributed by atoms with van der Waals surface area (Å²) in [6.07, 6.45) is 0. The maximum atomic E-state index is 14.1. The number of hydrogen-bond donors (Lipinski definition) is 0. The van der Waals surface area contributed by atoms with Crippen LogP contribution in [0.15, 0.2) is 66.7 Å². The van der Waals surface area contributed by atoms with Crippen LogP contribution in [0.2, 0.25) is 0 Å². The molecule has 2 aliphatic rings. The van der Waals surface area contributed by atoms with Gasteiger partial charge in [0, 0.05) is 11.3 Å². The highest BCUT2D eigenvalue weighted by molar-refractivity contribution is 7.94. The summed E-state index contributed by atoms with van der Waals surface area (Å²) in [7, 11) is -4.17. The van der Waals surface area contributed by atoms with Crippen molar-refractivity contribution in [3.63, 3.8) is 0 Å². The highest BCUT2D eigenvalue weighted by atomic mass is 32.2. The molecule has 33 heavy (non-hydrogen) atoms. The van der Waals surface area contributed by atoms with Crippen molar-refractivity contribution < 1.29 is 18.0 Å². The van der Waals surface area contributed by atoms with Crippen molar-refractivity contribution in [2.45, 2.75) is 32.2 Å². The van der Waals surface area contributed by atoms with Crippen molar-refractivity contribution in [1.82, 2.24) is 0 Å². The smallest absolute Gasteiger partial charge is 0.274 e. The molecule has 3 aromatic carbocycles. The average Bonchev–Trinajstić information content (AvgIpc) is 3.12. The molecule has 1 fully saturated rings. The van der Waals surface area contributed by atoms with Crippen molar-refractivity contribution in [1.29, 1.82) is 0 Å². The molecule has 5 rings (SSSR count). The molecule has 2 heterocycles. The molecule has 0 unspecified atom stereocenters. The predicted molar refractivity (Wildman–Crippen MR) is 128 cm³/mol.